The second-order valence-electron chi connectivity index (χ2n) is 4.12. The van der Waals surface area contributed by atoms with Crippen molar-refractivity contribution in [2.45, 2.75) is 19.9 Å². The summed E-state index contributed by atoms with van der Waals surface area (Å²) >= 11 is 5.85. The van der Waals surface area contributed by atoms with E-state index in [-0.39, 0.29) is 22.6 Å². The first-order valence-electron chi connectivity index (χ1n) is 5.53. The number of nitrogens with zero attached hydrogens (tertiary/aromatic N) is 4. The number of aromatic nitrogens is 2. The van der Waals surface area contributed by atoms with Crippen molar-refractivity contribution >= 4 is 23.2 Å². The molecule has 1 aliphatic heterocycles. The molecule has 0 N–H and O–H groups in total. The van der Waals surface area contributed by atoms with Crippen molar-refractivity contribution in [3.63, 3.8) is 0 Å². The lowest BCUT2D eigenvalue weighted by molar-refractivity contribution is -0.385. The van der Waals surface area contributed by atoms with Crippen LogP contribution in [0, 0.1) is 17.0 Å². The van der Waals surface area contributed by atoms with E-state index >= 15 is 0 Å². The van der Waals surface area contributed by atoms with Crippen molar-refractivity contribution in [3.05, 3.63) is 21.0 Å². The van der Waals surface area contributed by atoms with Gasteiger partial charge in [-0.3, -0.25) is 10.1 Å². The monoisotopic (exact) mass is 272 g/mol. The third-order valence-corrected chi connectivity index (χ3v) is 3.07. The maximum absolute atomic E-state index is 10.8. The van der Waals surface area contributed by atoms with Crippen LogP contribution >= 0.6 is 11.6 Å². The zero-order valence-corrected chi connectivity index (χ0v) is 10.8. The number of anilines is 1. The van der Waals surface area contributed by atoms with Gasteiger partial charge in [-0.2, -0.15) is 4.98 Å². The summed E-state index contributed by atoms with van der Waals surface area (Å²) in [5.74, 6) is 0.416. The molecule has 18 heavy (non-hydrogen) atoms. The average Bonchev–Trinajstić information content (AvgIpc) is 2.27. The summed E-state index contributed by atoms with van der Waals surface area (Å²) in [6.45, 7) is 5.35. The lowest BCUT2D eigenvalue weighted by Crippen LogP contribution is -2.44. The maximum atomic E-state index is 10.8. The molecule has 1 aromatic rings. The summed E-state index contributed by atoms with van der Waals surface area (Å²) in [6, 6.07) is 0.121. The van der Waals surface area contributed by atoms with Crippen LogP contribution in [0.5, 0.6) is 0 Å². The van der Waals surface area contributed by atoms with Crippen LogP contribution in [-0.2, 0) is 4.74 Å². The van der Waals surface area contributed by atoms with Crippen LogP contribution in [0.1, 0.15) is 12.6 Å². The van der Waals surface area contributed by atoms with E-state index < -0.39 is 4.92 Å². The van der Waals surface area contributed by atoms with Crippen molar-refractivity contribution in [1.29, 1.82) is 0 Å². The van der Waals surface area contributed by atoms with Gasteiger partial charge in [0.05, 0.1) is 24.2 Å². The predicted molar refractivity (Wildman–Crippen MR) is 66.1 cm³/mol. The summed E-state index contributed by atoms with van der Waals surface area (Å²) < 4.78 is 5.32. The van der Waals surface area contributed by atoms with Gasteiger partial charge in [0.2, 0.25) is 11.1 Å². The number of ether oxygens (including phenoxy) is 1. The van der Waals surface area contributed by atoms with Crippen LogP contribution in [0.3, 0.4) is 0 Å². The first kappa shape index (κ1) is 13.0. The first-order valence-corrected chi connectivity index (χ1v) is 5.91. The minimum absolute atomic E-state index is 0.121. The van der Waals surface area contributed by atoms with Crippen LogP contribution in [-0.4, -0.2) is 40.7 Å². The number of nitro groups is 1. The maximum Gasteiger partial charge on any atom is 0.327 e. The van der Waals surface area contributed by atoms with Gasteiger partial charge in [0, 0.05) is 6.54 Å². The molecule has 7 nitrogen and oxygen atoms in total. The SMILES string of the molecule is Cc1nc(N2CCOCC2C)nc(Cl)c1[N+](=O)[O-]. The van der Waals surface area contributed by atoms with Crippen molar-refractivity contribution in [2.75, 3.05) is 24.7 Å². The molecule has 1 aliphatic rings. The van der Waals surface area contributed by atoms with Gasteiger partial charge < -0.3 is 9.64 Å². The molecule has 98 valence electrons. The van der Waals surface area contributed by atoms with Crippen molar-refractivity contribution < 1.29 is 9.66 Å². The Morgan fingerprint density at radius 3 is 2.83 bits per heavy atom. The predicted octanol–water partition coefficient (Wildman–Crippen LogP) is 1.57. The standard InChI is InChI=1S/C10H13ClN4O3/c1-6-5-18-4-3-14(6)10-12-7(2)8(15(16)17)9(11)13-10/h6H,3-5H2,1-2H3. The number of halogens is 1. The Labute approximate surface area is 109 Å². The summed E-state index contributed by atoms with van der Waals surface area (Å²) in [5.41, 5.74) is 0.0371. The molecule has 1 unspecified atom stereocenters. The highest BCUT2D eigenvalue weighted by Crippen LogP contribution is 2.28. The minimum Gasteiger partial charge on any atom is -0.377 e. The van der Waals surface area contributed by atoms with Gasteiger partial charge in [-0.15, -0.1) is 0 Å². The average molecular weight is 273 g/mol. The second-order valence-corrected chi connectivity index (χ2v) is 4.48. The van der Waals surface area contributed by atoms with Crippen LogP contribution in [0.15, 0.2) is 0 Å². The smallest absolute Gasteiger partial charge is 0.327 e. The number of morpholine rings is 1. The molecule has 8 heteroatoms. The molecular weight excluding hydrogens is 260 g/mol. The van der Waals surface area contributed by atoms with Gasteiger partial charge in [0.25, 0.3) is 0 Å². The van der Waals surface area contributed by atoms with Crippen molar-refractivity contribution in [2.24, 2.45) is 0 Å². The summed E-state index contributed by atoms with van der Waals surface area (Å²) in [4.78, 5) is 20.3. The molecule has 0 spiro atoms. The lowest BCUT2D eigenvalue weighted by Gasteiger charge is -2.33. The fourth-order valence-corrected chi connectivity index (χ4v) is 2.16. The second kappa shape index (κ2) is 5.03. The van der Waals surface area contributed by atoms with Crippen molar-refractivity contribution in [1.82, 2.24) is 9.97 Å². The molecule has 1 atom stereocenters. The largest absolute Gasteiger partial charge is 0.377 e. The fourth-order valence-electron chi connectivity index (χ4n) is 1.88. The van der Waals surface area contributed by atoms with Crippen molar-refractivity contribution in [3.8, 4) is 0 Å². The molecule has 0 bridgehead atoms. The minimum atomic E-state index is -0.565. The molecule has 1 fully saturated rings. The van der Waals surface area contributed by atoms with Crippen LogP contribution < -0.4 is 4.90 Å². The number of rotatable bonds is 2. The third-order valence-electron chi connectivity index (χ3n) is 2.81. The van der Waals surface area contributed by atoms with Gasteiger partial charge in [0.15, 0.2) is 0 Å². The normalized spacial score (nSPS) is 19.9. The lowest BCUT2D eigenvalue weighted by atomic mass is 10.3. The van der Waals surface area contributed by atoms with Gasteiger partial charge in [0.1, 0.15) is 5.69 Å². The Morgan fingerprint density at radius 1 is 1.56 bits per heavy atom. The van der Waals surface area contributed by atoms with Gasteiger partial charge in [-0.05, 0) is 13.8 Å². The van der Waals surface area contributed by atoms with E-state index in [1.165, 1.54) is 0 Å². The van der Waals surface area contributed by atoms with Crippen LogP contribution in [0.2, 0.25) is 5.15 Å². The Bertz CT molecular complexity index is 459. The van der Waals surface area contributed by atoms with E-state index in [4.69, 9.17) is 16.3 Å². The molecule has 2 heterocycles. The third kappa shape index (κ3) is 2.37. The van der Waals surface area contributed by atoms with Crippen LogP contribution in [0.4, 0.5) is 11.6 Å². The van der Waals surface area contributed by atoms with E-state index in [2.05, 4.69) is 9.97 Å². The summed E-state index contributed by atoms with van der Waals surface area (Å²) in [7, 11) is 0. The fraction of sp³-hybridized carbons (Fsp3) is 0.600. The highest BCUT2D eigenvalue weighted by molar-refractivity contribution is 6.31. The topological polar surface area (TPSA) is 81.4 Å². The molecule has 0 aromatic carbocycles. The molecule has 1 saturated heterocycles. The van der Waals surface area contributed by atoms with E-state index in [0.29, 0.717) is 25.7 Å². The zero-order chi connectivity index (χ0) is 13.3. The Morgan fingerprint density at radius 2 is 2.28 bits per heavy atom. The number of aryl methyl sites for hydroxylation is 1. The highest BCUT2D eigenvalue weighted by Gasteiger charge is 2.26. The van der Waals surface area contributed by atoms with Gasteiger partial charge >= 0.3 is 5.69 Å². The van der Waals surface area contributed by atoms with E-state index in [9.17, 15) is 10.1 Å². The van der Waals surface area contributed by atoms with E-state index in [1.54, 1.807) is 6.92 Å². The summed E-state index contributed by atoms with van der Waals surface area (Å²) in [6.07, 6.45) is 0. The molecule has 0 aliphatic carbocycles. The molecular formula is C10H13ClN4O3. The number of hydrogen-bond acceptors (Lipinski definition) is 6. The Balaban J connectivity index is 2.38. The molecule has 2 rings (SSSR count). The quantitative estimate of drug-likeness (QED) is 0.462. The molecule has 0 saturated carbocycles. The molecule has 1 aromatic heterocycles. The molecule has 0 radical (unpaired) electrons. The summed E-state index contributed by atoms with van der Waals surface area (Å²) in [5, 5.41) is 10.7. The molecule has 0 amide bonds. The highest BCUT2D eigenvalue weighted by atomic mass is 35.5. The van der Waals surface area contributed by atoms with Crippen LogP contribution in [0.25, 0.3) is 0 Å². The number of hydrogen-bond donors (Lipinski definition) is 0. The zero-order valence-electron chi connectivity index (χ0n) is 10.1. The van der Waals surface area contributed by atoms with Gasteiger partial charge in [-0.1, -0.05) is 11.6 Å². The van der Waals surface area contributed by atoms with E-state index in [0.717, 1.165) is 0 Å². The Hall–Kier alpha value is -1.47. The Kier molecular flexibility index (Phi) is 3.63. The van der Waals surface area contributed by atoms with E-state index in [1.807, 2.05) is 11.8 Å². The van der Waals surface area contributed by atoms with Gasteiger partial charge in [-0.25, -0.2) is 4.98 Å². The first-order chi connectivity index (χ1) is 8.50.